The molecule has 28 heavy (non-hydrogen) atoms. The van der Waals surface area contributed by atoms with E-state index < -0.39 is 10.8 Å². The molecule has 1 aliphatic heterocycles. The number of ketones is 1. The second-order valence-corrected chi connectivity index (χ2v) is 7.38. The Morgan fingerprint density at radius 3 is 2.50 bits per heavy atom. The summed E-state index contributed by atoms with van der Waals surface area (Å²) in [5.74, 6) is -0.0648. The van der Waals surface area contributed by atoms with Gasteiger partial charge in [0.1, 0.15) is 5.41 Å². The Morgan fingerprint density at radius 2 is 1.86 bits per heavy atom. The van der Waals surface area contributed by atoms with Crippen LogP contribution in [-0.2, 0) is 15.0 Å². The minimum Gasteiger partial charge on any atom is -0.307 e. The highest BCUT2D eigenvalue weighted by molar-refractivity contribution is 6.14. The Morgan fingerprint density at radius 1 is 1.11 bits per heavy atom. The predicted octanol–water partition coefficient (Wildman–Crippen LogP) is 3.10. The molecule has 1 aromatic heterocycles. The quantitative estimate of drug-likeness (QED) is 0.602. The van der Waals surface area contributed by atoms with Gasteiger partial charge in [-0.05, 0) is 23.3 Å². The van der Waals surface area contributed by atoms with E-state index in [2.05, 4.69) is 15.0 Å². The highest BCUT2D eigenvalue weighted by Crippen LogP contribution is 2.52. The maximum atomic E-state index is 13.9. The van der Waals surface area contributed by atoms with Crippen LogP contribution >= 0.6 is 0 Å². The highest BCUT2D eigenvalue weighted by atomic mass is 16.2. The standard InChI is InChI=1S/C22H18N4O2/c1-21(2)17-11-13-26(18-10-7-12-24-25-18)20(28)22(17,14-16(23-3)19(21)27)15-8-5-4-6-9-15/h4-12,14H,13H2,1-2H3/t22-/m1/s1. The van der Waals surface area contributed by atoms with Gasteiger partial charge in [0, 0.05) is 18.2 Å². The summed E-state index contributed by atoms with van der Waals surface area (Å²) in [4.78, 5) is 31.8. The molecule has 1 aliphatic carbocycles. The first-order valence-corrected chi connectivity index (χ1v) is 8.94. The summed E-state index contributed by atoms with van der Waals surface area (Å²) in [6.45, 7) is 11.4. The number of hydrogen-bond acceptors (Lipinski definition) is 4. The van der Waals surface area contributed by atoms with Crippen LogP contribution in [0, 0.1) is 12.0 Å². The average Bonchev–Trinajstić information content (AvgIpc) is 2.73. The zero-order valence-electron chi connectivity index (χ0n) is 15.6. The molecule has 0 saturated carbocycles. The smallest absolute Gasteiger partial charge is 0.245 e. The van der Waals surface area contributed by atoms with Crippen molar-refractivity contribution >= 4 is 17.5 Å². The number of anilines is 1. The molecule has 0 spiro atoms. The van der Waals surface area contributed by atoms with Crippen LogP contribution < -0.4 is 4.90 Å². The number of nitrogens with zero attached hydrogens (tertiary/aromatic N) is 4. The van der Waals surface area contributed by atoms with E-state index in [4.69, 9.17) is 6.57 Å². The van der Waals surface area contributed by atoms with E-state index in [0.29, 0.717) is 17.9 Å². The molecule has 138 valence electrons. The fourth-order valence-electron chi connectivity index (χ4n) is 4.14. The molecule has 2 aromatic rings. The summed E-state index contributed by atoms with van der Waals surface area (Å²) in [7, 11) is 0. The molecule has 2 aliphatic rings. The first kappa shape index (κ1) is 17.8. The van der Waals surface area contributed by atoms with Crippen molar-refractivity contribution in [3.63, 3.8) is 0 Å². The lowest BCUT2D eigenvalue weighted by Crippen LogP contribution is -2.57. The van der Waals surface area contributed by atoms with Gasteiger partial charge in [0.2, 0.25) is 11.6 Å². The van der Waals surface area contributed by atoms with Crippen molar-refractivity contribution in [3.05, 3.63) is 89.1 Å². The molecule has 0 unspecified atom stereocenters. The fraction of sp³-hybridized carbons (Fsp3) is 0.227. The minimum absolute atomic E-state index is 0.0136. The summed E-state index contributed by atoms with van der Waals surface area (Å²) in [6, 6.07) is 12.7. The Kier molecular flexibility index (Phi) is 3.97. The van der Waals surface area contributed by atoms with Crippen LogP contribution in [0.25, 0.3) is 4.85 Å². The van der Waals surface area contributed by atoms with Crippen LogP contribution in [-0.4, -0.2) is 28.4 Å². The highest BCUT2D eigenvalue weighted by Gasteiger charge is 2.57. The van der Waals surface area contributed by atoms with E-state index >= 15 is 0 Å². The van der Waals surface area contributed by atoms with Crippen molar-refractivity contribution in [3.8, 4) is 0 Å². The summed E-state index contributed by atoms with van der Waals surface area (Å²) in [5, 5.41) is 7.97. The fourth-order valence-corrected chi connectivity index (χ4v) is 4.14. The van der Waals surface area contributed by atoms with Gasteiger partial charge < -0.3 is 4.79 Å². The molecule has 1 aromatic carbocycles. The van der Waals surface area contributed by atoms with Crippen molar-refractivity contribution < 1.29 is 9.59 Å². The summed E-state index contributed by atoms with van der Waals surface area (Å²) >= 11 is 0. The third-order valence-electron chi connectivity index (χ3n) is 5.50. The zero-order valence-corrected chi connectivity index (χ0v) is 15.6. The molecule has 4 rings (SSSR count). The normalized spacial score (nSPS) is 23.4. The molecule has 2 heterocycles. The number of rotatable bonds is 2. The third-order valence-corrected chi connectivity index (χ3v) is 5.50. The van der Waals surface area contributed by atoms with Gasteiger partial charge in [-0.3, -0.25) is 9.69 Å². The molecular weight excluding hydrogens is 352 g/mol. The second kappa shape index (κ2) is 6.24. The third kappa shape index (κ3) is 2.33. The zero-order chi connectivity index (χ0) is 19.9. The Balaban J connectivity index is 2.03. The largest absolute Gasteiger partial charge is 0.307 e. The molecule has 6 heteroatoms. The van der Waals surface area contributed by atoms with Crippen molar-refractivity contribution in [1.29, 1.82) is 0 Å². The molecular formula is C22H18N4O2. The van der Waals surface area contributed by atoms with E-state index in [1.54, 1.807) is 37.1 Å². The van der Waals surface area contributed by atoms with Gasteiger partial charge in [0.15, 0.2) is 11.6 Å². The maximum Gasteiger partial charge on any atom is 0.245 e. The number of amides is 1. The van der Waals surface area contributed by atoms with Gasteiger partial charge in [-0.2, -0.15) is 5.10 Å². The van der Waals surface area contributed by atoms with E-state index in [1.807, 2.05) is 36.4 Å². The lowest BCUT2D eigenvalue weighted by Gasteiger charge is -2.48. The number of fused-ring (bicyclic) bond motifs is 1. The molecule has 0 N–H and O–H groups in total. The van der Waals surface area contributed by atoms with E-state index in [1.165, 1.54) is 6.08 Å². The van der Waals surface area contributed by atoms with E-state index in [9.17, 15) is 9.59 Å². The Bertz CT molecular complexity index is 1060. The van der Waals surface area contributed by atoms with Crippen LogP contribution in [0.1, 0.15) is 19.4 Å². The minimum atomic E-state index is -1.23. The van der Waals surface area contributed by atoms with Crippen molar-refractivity contribution in [2.24, 2.45) is 5.41 Å². The Hall–Kier alpha value is -3.59. The topological polar surface area (TPSA) is 67.5 Å². The first-order valence-electron chi connectivity index (χ1n) is 8.94. The summed E-state index contributed by atoms with van der Waals surface area (Å²) in [5.41, 5.74) is -0.779. The van der Waals surface area contributed by atoms with E-state index in [0.717, 1.165) is 5.56 Å². The van der Waals surface area contributed by atoms with Crippen LogP contribution in [0.3, 0.4) is 0 Å². The van der Waals surface area contributed by atoms with Gasteiger partial charge >= 0.3 is 0 Å². The summed E-state index contributed by atoms with van der Waals surface area (Å²) < 4.78 is 0. The number of carbonyl (C=O) groups is 2. The molecule has 1 amide bonds. The average molecular weight is 370 g/mol. The number of allylic oxidation sites excluding steroid dienone is 1. The van der Waals surface area contributed by atoms with Crippen LogP contribution in [0.5, 0.6) is 0 Å². The molecule has 1 atom stereocenters. The van der Waals surface area contributed by atoms with Gasteiger partial charge in [-0.15, -0.1) is 5.10 Å². The van der Waals surface area contributed by atoms with Gasteiger partial charge in [-0.25, -0.2) is 4.85 Å². The molecule has 6 nitrogen and oxygen atoms in total. The molecule has 0 radical (unpaired) electrons. The SMILES string of the molecule is [C-]#[N+]C1=C[C@]2(c3ccccc3)C(=O)N(c3cccnn3)CC=C2C(C)(C)C1=O. The number of hydrogen-bond donors (Lipinski definition) is 0. The van der Waals surface area contributed by atoms with Crippen LogP contribution in [0.4, 0.5) is 5.82 Å². The van der Waals surface area contributed by atoms with Crippen molar-refractivity contribution in [1.82, 2.24) is 10.2 Å². The number of benzene rings is 1. The predicted molar refractivity (Wildman–Crippen MR) is 104 cm³/mol. The van der Waals surface area contributed by atoms with Crippen molar-refractivity contribution in [2.45, 2.75) is 19.3 Å². The molecule has 0 saturated heterocycles. The molecule has 0 fully saturated rings. The van der Waals surface area contributed by atoms with Crippen LogP contribution in [0.2, 0.25) is 0 Å². The number of aromatic nitrogens is 2. The lowest BCUT2D eigenvalue weighted by atomic mass is 9.57. The Labute approximate surface area is 163 Å². The number of Topliss-reactive ketones (excluding diaryl/α,β-unsaturated/α-hetero) is 1. The van der Waals surface area contributed by atoms with Gasteiger partial charge in [0.25, 0.3) is 0 Å². The summed E-state index contributed by atoms with van der Waals surface area (Å²) in [6.07, 6.45) is 4.99. The maximum absolute atomic E-state index is 13.9. The van der Waals surface area contributed by atoms with Gasteiger partial charge in [0.05, 0.1) is 6.57 Å². The second-order valence-electron chi connectivity index (χ2n) is 7.38. The first-order chi connectivity index (χ1) is 13.4. The monoisotopic (exact) mass is 370 g/mol. The van der Waals surface area contributed by atoms with E-state index in [-0.39, 0.29) is 17.4 Å². The van der Waals surface area contributed by atoms with Gasteiger partial charge in [-0.1, -0.05) is 56.3 Å². The lowest BCUT2D eigenvalue weighted by molar-refractivity contribution is -0.125. The van der Waals surface area contributed by atoms with Crippen LogP contribution in [0.15, 0.2) is 72.1 Å². The number of carbonyl (C=O) groups excluding carboxylic acids is 2. The molecule has 0 bridgehead atoms. The van der Waals surface area contributed by atoms with Crippen molar-refractivity contribution in [2.75, 3.05) is 11.4 Å².